The van der Waals surface area contributed by atoms with Crippen LogP contribution in [0.2, 0.25) is 5.02 Å². The highest BCUT2D eigenvalue weighted by atomic mass is 35.5. The Morgan fingerprint density at radius 3 is 2.68 bits per heavy atom. The van der Waals surface area contributed by atoms with E-state index in [1.165, 1.54) is 0 Å². The number of piperazine rings is 1. The highest BCUT2D eigenvalue weighted by molar-refractivity contribution is 6.30. The molecule has 1 aliphatic rings. The number of benzene rings is 1. The molecular weight excluding hydrogens is 262 g/mol. The lowest BCUT2D eigenvalue weighted by Crippen LogP contribution is -2.47. The van der Waals surface area contributed by atoms with Crippen molar-refractivity contribution in [1.82, 2.24) is 15.5 Å². The minimum absolute atomic E-state index is 0.0755. The van der Waals surface area contributed by atoms with E-state index >= 15 is 0 Å². The van der Waals surface area contributed by atoms with Gasteiger partial charge in [-0.05, 0) is 23.8 Å². The van der Waals surface area contributed by atoms with Crippen molar-refractivity contribution in [2.45, 2.75) is 0 Å². The molecule has 2 N–H and O–H groups in total. The molecular formula is C14H18ClN3O. The highest BCUT2D eigenvalue weighted by Gasteiger charge is 2.08. The van der Waals surface area contributed by atoms with Crippen LogP contribution in [0.4, 0.5) is 0 Å². The van der Waals surface area contributed by atoms with Crippen molar-refractivity contribution in [3.8, 4) is 0 Å². The second-order valence-corrected chi connectivity index (χ2v) is 4.89. The molecule has 1 amide bonds. The largest absolute Gasteiger partial charge is 0.340 e. The maximum Gasteiger partial charge on any atom is 0.245 e. The van der Waals surface area contributed by atoms with E-state index in [9.17, 15) is 4.79 Å². The number of hydrogen-bond donors (Lipinski definition) is 2. The topological polar surface area (TPSA) is 44.4 Å². The quantitative estimate of drug-likeness (QED) is 0.818. The van der Waals surface area contributed by atoms with Crippen LogP contribution in [0.25, 0.3) is 6.08 Å². The maximum atomic E-state index is 11.7. The van der Waals surface area contributed by atoms with Crippen LogP contribution in [0.15, 0.2) is 30.3 Å². The molecule has 0 unspecified atom stereocenters. The van der Waals surface area contributed by atoms with Crippen molar-refractivity contribution in [3.05, 3.63) is 40.9 Å². The summed E-state index contributed by atoms with van der Waals surface area (Å²) in [6.07, 6.45) is 3.33. The molecule has 0 saturated carbocycles. The summed E-state index contributed by atoms with van der Waals surface area (Å²) in [5.41, 5.74) is 0.960. The molecule has 1 heterocycles. The monoisotopic (exact) mass is 279 g/mol. The van der Waals surface area contributed by atoms with Crippen LogP contribution in [0.3, 0.4) is 0 Å². The van der Waals surface area contributed by atoms with Gasteiger partial charge < -0.3 is 10.6 Å². The molecule has 0 spiro atoms. The zero-order chi connectivity index (χ0) is 13.5. The maximum absolute atomic E-state index is 11.7. The van der Waals surface area contributed by atoms with Crippen LogP contribution in [0, 0.1) is 0 Å². The van der Waals surface area contributed by atoms with Crippen LogP contribution in [0.1, 0.15) is 5.56 Å². The van der Waals surface area contributed by atoms with Gasteiger partial charge in [-0.15, -0.1) is 0 Å². The fraction of sp³-hybridized carbons (Fsp3) is 0.357. The van der Waals surface area contributed by atoms with E-state index in [1.54, 1.807) is 24.3 Å². The summed E-state index contributed by atoms with van der Waals surface area (Å²) in [6.45, 7) is 4.51. The Hall–Kier alpha value is -1.36. The lowest BCUT2D eigenvalue weighted by atomic mass is 10.2. The van der Waals surface area contributed by atoms with Gasteiger partial charge in [0.05, 0.1) is 6.67 Å². The molecule has 2 rings (SSSR count). The second kappa shape index (κ2) is 7.28. The van der Waals surface area contributed by atoms with Crippen molar-refractivity contribution in [1.29, 1.82) is 0 Å². The lowest BCUT2D eigenvalue weighted by molar-refractivity contribution is -0.117. The van der Waals surface area contributed by atoms with Crippen LogP contribution >= 0.6 is 11.6 Å². The zero-order valence-corrected chi connectivity index (χ0v) is 11.5. The van der Waals surface area contributed by atoms with Crippen molar-refractivity contribution >= 4 is 23.6 Å². The number of nitrogens with zero attached hydrogens (tertiary/aromatic N) is 1. The molecule has 0 aromatic heterocycles. The summed E-state index contributed by atoms with van der Waals surface area (Å²) in [5, 5.41) is 6.85. The summed E-state index contributed by atoms with van der Waals surface area (Å²) in [7, 11) is 0. The van der Waals surface area contributed by atoms with Gasteiger partial charge in [-0.25, -0.2) is 0 Å². The van der Waals surface area contributed by atoms with E-state index in [0.29, 0.717) is 11.7 Å². The molecule has 1 aromatic rings. The van der Waals surface area contributed by atoms with E-state index in [0.717, 1.165) is 31.7 Å². The van der Waals surface area contributed by atoms with Crippen LogP contribution in [-0.2, 0) is 4.79 Å². The van der Waals surface area contributed by atoms with Gasteiger partial charge >= 0.3 is 0 Å². The van der Waals surface area contributed by atoms with Crippen molar-refractivity contribution < 1.29 is 4.79 Å². The van der Waals surface area contributed by atoms with E-state index in [2.05, 4.69) is 15.5 Å². The Balaban J connectivity index is 1.75. The Labute approximate surface area is 118 Å². The van der Waals surface area contributed by atoms with Gasteiger partial charge in [-0.2, -0.15) is 0 Å². The van der Waals surface area contributed by atoms with Crippen LogP contribution < -0.4 is 10.6 Å². The molecule has 1 saturated heterocycles. The van der Waals surface area contributed by atoms with Crippen LogP contribution in [-0.4, -0.2) is 43.7 Å². The summed E-state index contributed by atoms with van der Waals surface area (Å²) in [6, 6.07) is 7.37. The van der Waals surface area contributed by atoms with Gasteiger partial charge in [0.25, 0.3) is 0 Å². The average Bonchev–Trinajstić information content (AvgIpc) is 2.45. The lowest BCUT2D eigenvalue weighted by Gasteiger charge is -2.26. The highest BCUT2D eigenvalue weighted by Crippen LogP contribution is 2.10. The zero-order valence-electron chi connectivity index (χ0n) is 10.7. The fourth-order valence-electron chi connectivity index (χ4n) is 1.86. The number of halogens is 1. The predicted molar refractivity (Wildman–Crippen MR) is 77.9 cm³/mol. The van der Waals surface area contributed by atoms with Gasteiger partial charge in [0, 0.05) is 37.3 Å². The van der Waals surface area contributed by atoms with E-state index in [4.69, 9.17) is 11.6 Å². The van der Waals surface area contributed by atoms with Crippen LogP contribution in [0.5, 0.6) is 0 Å². The first kappa shape index (κ1) is 14.1. The third kappa shape index (κ3) is 5.03. The smallest absolute Gasteiger partial charge is 0.245 e. The molecule has 0 aliphatic carbocycles. The summed E-state index contributed by atoms with van der Waals surface area (Å²) >= 11 is 5.80. The van der Waals surface area contributed by atoms with Gasteiger partial charge in [0.15, 0.2) is 0 Å². The standard InChI is InChI=1S/C14H18ClN3O/c15-13-4-1-12(2-5-13)3-6-14(19)17-11-18-9-7-16-8-10-18/h1-6,16H,7-11H2,(H,17,19)/b6-3+. The normalized spacial score (nSPS) is 16.7. The van der Waals surface area contributed by atoms with Gasteiger partial charge in [0.2, 0.25) is 5.91 Å². The molecule has 1 fully saturated rings. The van der Waals surface area contributed by atoms with E-state index in [1.807, 2.05) is 12.1 Å². The SMILES string of the molecule is O=C(/C=C/c1ccc(Cl)cc1)NCN1CCNCC1. The third-order valence-electron chi connectivity index (χ3n) is 2.98. The minimum atomic E-state index is -0.0755. The van der Waals surface area contributed by atoms with Gasteiger partial charge in [-0.1, -0.05) is 23.7 Å². The minimum Gasteiger partial charge on any atom is -0.340 e. The third-order valence-corrected chi connectivity index (χ3v) is 3.24. The Morgan fingerprint density at radius 2 is 2.00 bits per heavy atom. The molecule has 1 aliphatic heterocycles. The van der Waals surface area contributed by atoms with Gasteiger partial charge in [0.1, 0.15) is 0 Å². The van der Waals surface area contributed by atoms with Gasteiger partial charge in [-0.3, -0.25) is 9.69 Å². The first-order chi connectivity index (χ1) is 9.24. The Morgan fingerprint density at radius 1 is 1.32 bits per heavy atom. The summed E-state index contributed by atoms with van der Waals surface area (Å²) < 4.78 is 0. The number of nitrogens with one attached hydrogen (secondary N) is 2. The summed E-state index contributed by atoms with van der Waals surface area (Å²) in [4.78, 5) is 13.9. The van der Waals surface area contributed by atoms with Crippen molar-refractivity contribution in [3.63, 3.8) is 0 Å². The molecule has 0 bridgehead atoms. The molecule has 4 nitrogen and oxygen atoms in total. The molecule has 1 aromatic carbocycles. The van der Waals surface area contributed by atoms with Crippen molar-refractivity contribution in [2.75, 3.05) is 32.8 Å². The molecule has 102 valence electrons. The first-order valence-electron chi connectivity index (χ1n) is 6.38. The number of rotatable bonds is 4. The molecule has 5 heteroatoms. The summed E-state index contributed by atoms with van der Waals surface area (Å²) in [5.74, 6) is -0.0755. The predicted octanol–water partition coefficient (Wildman–Crippen LogP) is 1.33. The average molecular weight is 280 g/mol. The number of carbonyl (C=O) groups is 1. The second-order valence-electron chi connectivity index (χ2n) is 4.45. The molecule has 0 atom stereocenters. The Bertz CT molecular complexity index is 439. The molecule has 19 heavy (non-hydrogen) atoms. The Kier molecular flexibility index (Phi) is 5.39. The van der Waals surface area contributed by atoms with Crippen molar-refractivity contribution in [2.24, 2.45) is 0 Å². The molecule has 0 radical (unpaired) electrons. The number of hydrogen-bond acceptors (Lipinski definition) is 3. The van der Waals surface area contributed by atoms with E-state index < -0.39 is 0 Å². The number of carbonyl (C=O) groups excluding carboxylic acids is 1. The first-order valence-corrected chi connectivity index (χ1v) is 6.76. The number of amides is 1. The fourth-order valence-corrected chi connectivity index (χ4v) is 1.99. The van der Waals surface area contributed by atoms with E-state index in [-0.39, 0.29) is 5.91 Å².